The minimum Gasteiger partial charge on any atom is -0.361 e. The number of aryl methyl sites for hydroxylation is 1. The van der Waals surface area contributed by atoms with Gasteiger partial charge in [-0.05, 0) is 42.9 Å². The van der Waals surface area contributed by atoms with Crippen molar-refractivity contribution in [3.8, 4) is 6.07 Å². The first-order valence-corrected chi connectivity index (χ1v) is 11.9. The summed E-state index contributed by atoms with van der Waals surface area (Å²) in [6.07, 6.45) is 7.17. The smallest absolute Gasteiger partial charge is 0.325 e. The quantitative estimate of drug-likeness (QED) is 0.398. The number of nitriles is 1. The lowest BCUT2D eigenvalue weighted by atomic mass is 10.1. The Bertz CT molecular complexity index is 1300. The Morgan fingerprint density at radius 3 is 2.88 bits per heavy atom. The number of urea groups is 1. The zero-order valence-corrected chi connectivity index (χ0v) is 18.8. The van der Waals surface area contributed by atoms with Crippen LogP contribution in [0.2, 0.25) is 0 Å². The maximum absolute atomic E-state index is 12.9. The second kappa shape index (κ2) is 8.71. The number of benzene rings is 1. The first-order valence-electron chi connectivity index (χ1n) is 11.1. The maximum atomic E-state index is 12.9. The second-order valence-corrected chi connectivity index (χ2v) is 9.52. The third kappa shape index (κ3) is 3.98. The lowest BCUT2D eigenvalue weighted by Crippen LogP contribution is -2.38. The van der Waals surface area contributed by atoms with Crippen LogP contribution in [0.3, 0.4) is 0 Å². The zero-order valence-electron chi connectivity index (χ0n) is 17.9. The van der Waals surface area contributed by atoms with E-state index >= 15 is 0 Å². The summed E-state index contributed by atoms with van der Waals surface area (Å²) in [4.78, 5) is 43.3. The largest absolute Gasteiger partial charge is 0.361 e. The number of H-pyrrole nitrogens is 1. The van der Waals surface area contributed by atoms with E-state index in [9.17, 15) is 19.6 Å². The molecule has 0 spiro atoms. The van der Waals surface area contributed by atoms with E-state index in [2.05, 4.69) is 21.7 Å². The van der Waals surface area contributed by atoms with Crippen molar-refractivity contribution in [1.82, 2.24) is 15.2 Å². The van der Waals surface area contributed by atoms with Crippen molar-refractivity contribution < 1.29 is 14.4 Å². The Hall–Kier alpha value is -3.64. The van der Waals surface area contributed by atoms with Crippen LogP contribution in [-0.2, 0) is 28.9 Å². The van der Waals surface area contributed by atoms with Crippen LogP contribution >= 0.6 is 11.3 Å². The average molecular weight is 462 g/mol. The Kier molecular flexibility index (Phi) is 5.60. The lowest BCUT2D eigenvalue weighted by Gasteiger charge is -2.12. The van der Waals surface area contributed by atoms with Crippen molar-refractivity contribution in [3.05, 3.63) is 52.0 Å². The Morgan fingerprint density at radius 2 is 2.03 bits per heavy atom. The second-order valence-electron chi connectivity index (χ2n) is 8.42. The summed E-state index contributed by atoms with van der Waals surface area (Å²) >= 11 is 1.43. The van der Waals surface area contributed by atoms with Gasteiger partial charge in [-0.3, -0.25) is 14.5 Å². The summed E-state index contributed by atoms with van der Waals surface area (Å²) in [5, 5.41) is 16.6. The predicted octanol–water partition coefficient (Wildman–Crippen LogP) is 3.47. The summed E-state index contributed by atoms with van der Waals surface area (Å²) in [7, 11) is 0. The highest BCUT2D eigenvalue weighted by molar-refractivity contribution is 7.16. The number of carbonyl (C=O) groups excluding carboxylic acids is 3. The van der Waals surface area contributed by atoms with Crippen LogP contribution in [0, 0.1) is 11.3 Å². The number of hydrogen-bond donors (Lipinski definition) is 3. The van der Waals surface area contributed by atoms with Crippen LogP contribution < -0.4 is 10.6 Å². The molecular weight excluding hydrogens is 438 g/mol. The fourth-order valence-electron chi connectivity index (χ4n) is 4.64. The van der Waals surface area contributed by atoms with Crippen LogP contribution in [0.1, 0.15) is 40.8 Å². The number of nitrogens with zero attached hydrogens (tertiary/aromatic N) is 2. The minimum absolute atomic E-state index is 0.336. The van der Waals surface area contributed by atoms with Crippen LogP contribution in [0.15, 0.2) is 30.5 Å². The molecule has 168 valence electrons. The number of imide groups is 1. The summed E-state index contributed by atoms with van der Waals surface area (Å²) in [6.45, 7) is -0.386. The molecule has 2 aliphatic rings. The minimum atomic E-state index is -0.725. The number of nitrogens with one attached hydrogen (secondary N) is 3. The topological polar surface area (TPSA) is 118 Å². The molecule has 4 amide bonds. The number of hydrogen-bond acceptors (Lipinski definition) is 5. The summed E-state index contributed by atoms with van der Waals surface area (Å²) in [5.74, 6) is -0.915. The van der Waals surface area contributed by atoms with Crippen molar-refractivity contribution in [2.24, 2.45) is 0 Å². The van der Waals surface area contributed by atoms with Gasteiger partial charge in [-0.25, -0.2) is 4.79 Å². The third-order valence-electron chi connectivity index (χ3n) is 6.29. The molecule has 0 bridgehead atoms. The van der Waals surface area contributed by atoms with E-state index in [1.165, 1.54) is 11.3 Å². The molecule has 5 rings (SSSR count). The number of aromatic amines is 1. The van der Waals surface area contributed by atoms with Gasteiger partial charge in [-0.1, -0.05) is 24.6 Å². The highest BCUT2D eigenvalue weighted by atomic mass is 32.1. The molecule has 1 aliphatic carbocycles. The molecule has 0 unspecified atom stereocenters. The number of amides is 4. The Labute approximate surface area is 194 Å². The van der Waals surface area contributed by atoms with Crippen molar-refractivity contribution in [3.63, 3.8) is 0 Å². The molecule has 2 aromatic heterocycles. The number of thiophene rings is 1. The molecule has 1 aliphatic heterocycles. The van der Waals surface area contributed by atoms with Crippen LogP contribution in [-0.4, -0.2) is 40.3 Å². The molecule has 1 saturated heterocycles. The summed E-state index contributed by atoms with van der Waals surface area (Å²) in [5.41, 5.74) is 3.43. The Morgan fingerprint density at radius 1 is 1.21 bits per heavy atom. The number of para-hydroxylation sites is 1. The molecule has 1 fully saturated rings. The van der Waals surface area contributed by atoms with E-state index in [4.69, 9.17) is 0 Å². The lowest BCUT2D eigenvalue weighted by molar-refractivity contribution is -0.130. The van der Waals surface area contributed by atoms with Gasteiger partial charge < -0.3 is 15.6 Å². The molecule has 3 aromatic rings. The summed E-state index contributed by atoms with van der Waals surface area (Å²) < 4.78 is 0. The zero-order chi connectivity index (χ0) is 22.9. The number of aromatic nitrogens is 1. The number of anilines is 1. The fraction of sp³-hybridized carbons (Fsp3) is 0.333. The highest BCUT2D eigenvalue weighted by Gasteiger charge is 2.39. The molecule has 3 N–H and O–H groups in total. The van der Waals surface area contributed by atoms with Crippen LogP contribution in [0.25, 0.3) is 10.9 Å². The van der Waals surface area contributed by atoms with Gasteiger partial charge in [0.1, 0.15) is 23.7 Å². The normalized spacial score (nSPS) is 18.0. The predicted molar refractivity (Wildman–Crippen MR) is 125 cm³/mol. The van der Waals surface area contributed by atoms with E-state index in [0.717, 1.165) is 63.9 Å². The standard InChI is InChI=1S/C24H23N5O3S/c25-11-17-16-7-2-1-3-9-20(16)33-22(17)28-21(30)13-29-23(31)19(27-24(29)32)10-14-12-26-18-8-5-4-6-15(14)18/h4-6,8,12,19,26H,1-3,7,9-10,13H2,(H,27,32)(H,28,30)/t19-/m1/s1. The van der Waals surface area contributed by atoms with Crippen molar-refractivity contribution in [1.29, 1.82) is 5.26 Å². The maximum Gasteiger partial charge on any atom is 0.325 e. The average Bonchev–Trinajstić information content (AvgIpc) is 3.37. The van der Waals surface area contributed by atoms with E-state index in [1.54, 1.807) is 0 Å². The van der Waals surface area contributed by atoms with Crippen molar-refractivity contribution in [2.45, 2.75) is 44.6 Å². The molecule has 0 radical (unpaired) electrons. The van der Waals surface area contributed by atoms with Gasteiger partial charge in [0.05, 0.1) is 5.56 Å². The van der Waals surface area contributed by atoms with Gasteiger partial charge in [0, 0.05) is 28.4 Å². The number of fused-ring (bicyclic) bond motifs is 2. The van der Waals surface area contributed by atoms with E-state index in [0.29, 0.717) is 17.0 Å². The first kappa shape index (κ1) is 21.2. The molecule has 0 saturated carbocycles. The molecule has 1 aromatic carbocycles. The number of rotatable bonds is 5. The van der Waals surface area contributed by atoms with Gasteiger partial charge in [0.15, 0.2) is 0 Å². The monoisotopic (exact) mass is 461 g/mol. The molecule has 3 heterocycles. The molecule has 1 atom stereocenters. The molecule has 9 heteroatoms. The van der Waals surface area contributed by atoms with Crippen molar-refractivity contribution >= 4 is 45.1 Å². The van der Waals surface area contributed by atoms with Gasteiger partial charge in [0.2, 0.25) is 5.91 Å². The molecule has 8 nitrogen and oxygen atoms in total. The van der Waals surface area contributed by atoms with Gasteiger partial charge in [-0.2, -0.15) is 5.26 Å². The number of carbonyl (C=O) groups is 3. The van der Waals surface area contributed by atoms with Crippen LogP contribution in [0.5, 0.6) is 0 Å². The molecular formula is C24H23N5O3S. The first-order chi connectivity index (χ1) is 16.0. The van der Waals surface area contributed by atoms with E-state index in [-0.39, 0.29) is 6.54 Å². The summed E-state index contributed by atoms with van der Waals surface area (Å²) in [6, 6.07) is 8.68. The van der Waals surface area contributed by atoms with Gasteiger partial charge >= 0.3 is 6.03 Å². The molecule has 33 heavy (non-hydrogen) atoms. The Balaban J connectivity index is 1.27. The van der Waals surface area contributed by atoms with Gasteiger partial charge in [-0.15, -0.1) is 11.3 Å². The SMILES string of the molecule is N#Cc1c(NC(=O)CN2C(=O)N[C@H](Cc3c[nH]c4ccccc34)C2=O)sc2c1CCCCC2. The third-order valence-corrected chi connectivity index (χ3v) is 7.50. The highest BCUT2D eigenvalue weighted by Crippen LogP contribution is 2.37. The fourth-order valence-corrected chi connectivity index (χ4v) is 5.90. The van der Waals surface area contributed by atoms with E-state index < -0.39 is 23.9 Å². The van der Waals surface area contributed by atoms with Crippen LogP contribution in [0.4, 0.5) is 9.80 Å². The van der Waals surface area contributed by atoms with E-state index in [1.807, 2.05) is 30.5 Å². The van der Waals surface area contributed by atoms with Crippen molar-refractivity contribution in [2.75, 3.05) is 11.9 Å². The van der Waals surface area contributed by atoms with Gasteiger partial charge in [0.25, 0.3) is 5.91 Å².